The second-order valence-corrected chi connectivity index (χ2v) is 6.78. The first-order valence-electron chi connectivity index (χ1n) is 8.51. The Morgan fingerprint density at radius 2 is 2.21 bits per heavy atom. The van der Waals surface area contributed by atoms with Gasteiger partial charge in [-0.1, -0.05) is 0 Å². The van der Waals surface area contributed by atoms with Gasteiger partial charge in [0.15, 0.2) is 0 Å². The Labute approximate surface area is 143 Å². The van der Waals surface area contributed by atoms with E-state index in [4.69, 9.17) is 4.74 Å². The van der Waals surface area contributed by atoms with Crippen LogP contribution in [0.4, 0.5) is 5.82 Å². The molecule has 2 saturated heterocycles. The van der Waals surface area contributed by atoms with E-state index in [1.54, 1.807) is 7.11 Å². The van der Waals surface area contributed by atoms with Gasteiger partial charge in [0, 0.05) is 39.0 Å². The van der Waals surface area contributed by atoms with E-state index in [-0.39, 0.29) is 11.3 Å². The number of likely N-dealkylation sites (tertiary alicyclic amines) is 1. The molecule has 0 bridgehead atoms. The molecule has 1 aromatic heterocycles. The summed E-state index contributed by atoms with van der Waals surface area (Å²) in [6, 6.07) is 5.89. The lowest BCUT2D eigenvalue weighted by molar-refractivity contribution is -0.145. The second-order valence-electron chi connectivity index (χ2n) is 6.78. The Hall–Kier alpha value is -2.13. The smallest absolute Gasteiger partial charge is 0.230 e. The SMILES string of the molecule is COCCN1CCC[C@]2(CCN(c3nc(C)ccc3C#N)C2)C1=O. The standard InChI is InChI=1S/C18H24N4O2/c1-14-4-5-15(12-19)16(20-14)22-9-7-18(13-22)6-3-8-21(17(18)23)10-11-24-2/h4-5H,3,6-11,13H2,1-2H3/t18-/m1/s1. The van der Waals surface area contributed by atoms with Crippen LogP contribution < -0.4 is 4.90 Å². The number of rotatable bonds is 4. The minimum Gasteiger partial charge on any atom is -0.383 e. The number of piperidine rings is 1. The highest BCUT2D eigenvalue weighted by Gasteiger charge is 2.48. The quantitative estimate of drug-likeness (QED) is 0.842. The number of carbonyl (C=O) groups excluding carboxylic acids is 1. The van der Waals surface area contributed by atoms with E-state index in [1.165, 1.54) is 0 Å². The Balaban J connectivity index is 1.80. The summed E-state index contributed by atoms with van der Waals surface area (Å²) in [6.45, 7) is 5.40. The van der Waals surface area contributed by atoms with E-state index in [1.807, 2.05) is 24.0 Å². The fourth-order valence-corrected chi connectivity index (χ4v) is 3.87. The van der Waals surface area contributed by atoms with Gasteiger partial charge in [0.2, 0.25) is 5.91 Å². The van der Waals surface area contributed by atoms with E-state index in [0.717, 1.165) is 43.9 Å². The van der Waals surface area contributed by atoms with Gasteiger partial charge in [-0.25, -0.2) is 4.98 Å². The maximum atomic E-state index is 13.0. The number of carbonyl (C=O) groups is 1. The number of aryl methyl sites for hydroxylation is 1. The molecule has 1 aromatic rings. The molecule has 6 nitrogen and oxygen atoms in total. The van der Waals surface area contributed by atoms with Crippen molar-refractivity contribution in [2.45, 2.75) is 26.2 Å². The molecule has 2 aliphatic heterocycles. The van der Waals surface area contributed by atoms with Crippen LogP contribution in [0.25, 0.3) is 0 Å². The van der Waals surface area contributed by atoms with Crippen molar-refractivity contribution in [1.82, 2.24) is 9.88 Å². The Morgan fingerprint density at radius 3 is 2.96 bits per heavy atom. The predicted octanol–water partition coefficient (Wildman–Crippen LogP) is 1.73. The minimum atomic E-state index is -0.329. The third kappa shape index (κ3) is 2.96. The first kappa shape index (κ1) is 16.7. The molecular formula is C18H24N4O2. The average molecular weight is 328 g/mol. The van der Waals surface area contributed by atoms with Crippen LogP contribution in [0.15, 0.2) is 12.1 Å². The number of nitriles is 1. The van der Waals surface area contributed by atoms with Crippen molar-refractivity contribution < 1.29 is 9.53 Å². The number of nitrogens with zero attached hydrogens (tertiary/aromatic N) is 4. The number of hydrogen-bond donors (Lipinski definition) is 0. The highest BCUT2D eigenvalue weighted by Crippen LogP contribution is 2.41. The summed E-state index contributed by atoms with van der Waals surface area (Å²) >= 11 is 0. The molecule has 1 spiro atoms. The molecule has 24 heavy (non-hydrogen) atoms. The van der Waals surface area contributed by atoms with Gasteiger partial charge in [-0.05, 0) is 38.3 Å². The predicted molar refractivity (Wildman–Crippen MR) is 90.6 cm³/mol. The van der Waals surface area contributed by atoms with Crippen molar-refractivity contribution >= 4 is 11.7 Å². The van der Waals surface area contributed by atoms with Gasteiger partial charge < -0.3 is 14.5 Å². The lowest BCUT2D eigenvalue weighted by Gasteiger charge is -2.39. The fraction of sp³-hybridized carbons (Fsp3) is 0.611. The average Bonchev–Trinajstić information content (AvgIpc) is 3.01. The zero-order chi connectivity index (χ0) is 17.2. The van der Waals surface area contributed by atoms with Crippen LogP contribution in [-0.4, -0.2) is 55.7 Å². The number of pyridine rings is 1. The van der Waals surface area contributed by atoms with Crippen molar-refractivity contribution in [2.24, 2.45) is 5.41 Å². The molecule has 3 heterocycles. The van der Waals surface area contributed by atoms with Crippen molar-refractivity contribution in [3.63, 3.8) is 0 Å². The maximum absolute atomic E-state index is 13.0. The topological polar surface area (TPSA) is 69.5 Å². The van der Waals surface area contributed by atoms with Gasteiger partial charge in [0.25, 0.3) is 0 Å². The van der Waals surface area contributed by atoms with Crippen molar-refractivity contribution in [3.05, 3.63) is 23.4 Å². The van der Waals surface area contributed by atoms with Gasteiger partial charge in [-0.2, -0.15) is 5.26 Å². The Morgan fingerprint density at radius 1 is 1.38 bits per heavy atom. The normalized spacial score (nSPS) is 23.8. The van der Waals surface area contributed by atoms with Crippen molar-refractivity contribution in [2.75, 3.05) is 44.8 Å². The van der Waals surface area contributed by atoms with Gasteiger partial charge in [0.05, 0.1) is 17.6 Å². The molecule has 128 valence electrons. The molecule has 0 N–H and O–H groups in total. The zero-order valence-electron chi connectivity index (χ0n) is 14.4. The van der Waals surface area contributed by atoms with Gasteiger partial charge in [0.1, 0.15) is 11.9 Å². The minimum absolute atomic E-state index is 0.236. The summed E-state index contributed by atoms with van der Waals surface area (Å²) in [5.41, 5.74) is 1.14. The Kier molecular flexibility index (Phi) is 4.72. The van der Waals surface area contributed by atoms with Crippen LogP contribution in [0.3, 0.4) is 0 Å². The van der Waals surface area contributed by atoms with Crippen LogP contribution in [-0.2, 0) is 9.53 Å². The lowest BCUT2D eigenvalue weighted by atomic mass is 9.78. The number of methoxy groups -OCH3 is 1. The third-order valence-corrected chi connectivity index (χ3v) is 5.18. The van der Waals surface area contributed by atoms with Crippen LogP contribution in [0.2, 0.25) is 0 Å². The maximum Gasteiger partial charge on any atom is 0.230 e. The summed E-state index contributed by atoms with van der Waals surface area (Å²) in [6.07, 6.45) is 2.77. The third-order valence-electron chi connectivity index (χ3n) is 5.18. The first-order valence-corrected chi connectivity index (χ1v) is 8.51. The number of amides is 1. The van der Waals surface area contributed by atoms with Gasteiger partial charge in [-0.15, -0.1) is 0 Å². The molecule has 2 fully saturated rings. The molecule has 1 amide bonds. The molecule has 1 atom stereocenters. The van der Waals surface area contributed by atoms with E-state index < -0.39 is 0 Å². The summed E-state index contributed by atoms with van der Waals surface area (Å²) in [4.78, 5) is 21.6. The van der Waals surface area contributed by atoms with Crippen LogP contribution in [0.1, 0.15) is 30.5 Å². The largest absolute Gasteiger partial charge is 0.383 e. The molecular weight excluding hydrogens is 304 g/mol. The van der Waals surface area contributed by atoms with E-state index in [0.29, 0.717) is 25.3 Å². The molecule has 6 heteroatoms. The number of ether oxygens (including phenoxy) is 1. The number of anilines is 1. The van der Waals surface area contributed by atoms with Crippen molar-refractivity contribution in [3.8, 4) is 6.07 Å². The summed E-state index contributed by atoms with van der Waals surface area (Å²) in [5, 5.41) is 9.36. The monoisotopic (exact) mass is 328 g/mol. The number of hydrogen-bond acceptors (Lipinski definition) is 5. The highest BCUT2D eigenvalue weighted by molar-refractivity contribution is 5.85. The fourth-order valence-electron chi connectivity index (χ4n) is 3.87. The van der Waals surface area contributed by atoms with Gasteiger partial charge in [-0.3, -0.25) is 4.79 Å². The zero-order valence-corrected chi connectivity index (χ0v) is 14.4. The molecule has 2 aliphatic rings. The molecule has 0 radical (unpaired) electrons. The van der Waals surface area contributed by atoms with Crippen LogP contribution in [0, 0.1) is 23.7 Å². The van der Waals surface area contributed by atoms with Crippen molar-refractivity contribution in [1.29, 1.82) is 5.26 Å². The summed E-state index contributed by atoms with van der Waals surface area (Å²) in [5.74, 6) is 0.954. The molecule has 0 aliphatic carbocycles. The highest BCUT2D eigenvalue weighted by atomic mass is 16.5. The van der Waals surface area contributed by atoms with E-state index >= 15 is 0 Å². The first-order chi connectivity index (χ1) is 11.6. The van der Waals surface area contributed by atoms with Crippen LogP contribution >= 0.6 is 0 Å². The lowest BCUT2D eigenvalue weighted by Crippen LogP contribution is -2.51. The molecule has 3 rings (SSSR count). The van der Waals surface area contributed by atoms with Crippen LogP contribution in [0.5, 0.6) is 0 Å². The second kappa shape index (κ2) is 6.78. The van der Waals surface area contributed by atoms with Gasteiger partial charge >= 0.3 is 0 Å². The molecule has 0 saturated carbocycles. The van der Waals surface area contributed by atoms with E-state index in [9.17, 15) is 10.1 Å². The van der Waals surface area contributed by atoms with E-state index in [2.05, 4.69) is 16.0 Å². The molecule has 0 aromatic carbocycles. The molecule has 0 unspecified atom stereocenters. The summed E-state index contributed by atoms with van der Waals surface area (Å²) < 4.78 is 5.13. The Bertz CT molecular complexity index is 669. The number of aromatic nitrogens is 1. The summed E-state index contributed by atoms with van der Waals surface area (Å²) in [7, 11) is 1.66.